The smallest absolute Gasteiger partial charge is 0.308 e. The first-order valence-corrected chi connectivity index (χ1v) is 8.31. The molecule has 2 heterocycles. The van der Waals surface area contributed by atoms with E-state index < -0.39 is 16.0 Å². The van der Waals surface area contributed by atoms with Gasteiger partial charge in [-0.15, -0.1) is 11.3 Å². The number of carbonyl (C=O) groups is 1. The van der Waals surface area contributed by atoms with Crippen LogP contribution in [-0.2, 0) is 27.8 Å². The van der Waals surface area contributed by atoms with Gasteiger partial charge in [0.2, 0.25) is 0 Å². The van der Waals surface area contributed by atoms with Crippen LogP contribution < -0.4 is 0 Å². The van der Waals surface area contributed by atoms with Crippen molar-refractivity contribution in [3.8, 4) is 0 Å². The summed E-state index contributed by atoms with van der Waals surface area (Å²) in [5.41, 5.74) is 0.783. The number of thiophene rings is 1. The molecule has 0 aromatic carbocycles. The zero-order valence-electron chi connectivity index (χ0n) is 11.3. The largest absolute Gasteiger partial charge is 0.481 e. The monoisotopic (exact) mass is 326 g/mol. The van der Waals surface area contributed by atoms with Gasteiger partial charge in [0.15, 0.2) is 0 Å². The van der Waals surface area contributed by atoms with Gasteiger partial charge >= 0.3 is 5.97 Å². The molecular formula is C13H14N2O4S2. The third-order valence-corrected chi connectivity index (χ3v) is 6.11. The molecule has 112 valence electrons. The average Bonchev–Trinajstić information content (AvgIpc) is 2.88. The molecule has 21 heavy (non-hydrogen) atoms. The second-order valence-corrected chi connectivity index (χ2v) is 7.85. The van der Waals surface area contributed by atoms with Gasteiger partial charge in [0, 0.05) is 30.9 Å². The van der Waals surface area contributed by atoms with Crippen molar-refractivity contribution in [2.75, 3.05) is 7.05 Å². The third-order valence-electron chi connectivity index (χ3n) is 2.76. The number of sulfonamides is 1. The molecule has 6 nitrogen and oxygen atoms in total. The van der Waals surface area contributed by atoms with Crippen LogP contribution in [0.1, 0.15) is 10.4 Å². The number of hydrogen-bond acceptors (Lipinski definition) is 5. The Morgan fingerprint density at radius 1 is 1.38 bits per heavy atom. The first-order chi connectivity index (χ1) is 9.89. The van der Waals surface area contributed by atoms with Crippen LogP contribution in [0.5, 0.6) is 0 Å². The predicted octanol–water partition coefficient (Wildman–Crippen LogP) is 1.59. The van der Waals surface area contributed by atoms with Crippen LogP contribution in [0.25, 0.3) is 0 Å². The van der Waals surface area contributed by atoms with Crippen molar-refractivity contribution >= 4 is 27.3 Å². The van der Waals surface area contributed by atoms with Gasteiger partial charge in [0.1, 0.15) is 4.21 Å². The molecule has 0 saturated carbocycles. The summed E-state index contributed by atoms with van der Waals surface area (Å²) in [5, 5.41) is 8.72. The van der Waals surface area contributed by atoms with Gasteiger partial charge in [-0.1, -0.05) is 6.07 Å². The molecule has 0 spiro atoms. The lowest BCUT2D eigenvalue weighted by Gasteiger charge is -2.15. The first-order valence-electron chi connectivity index (χ1n) is 6.05. The summed E-state index contributed by atoms with van der Waals surface area (Å²) in [4.78, 5) is 15.1. The topological polar surface area (TPSA) is 87.6 Å². The van der Waals surface area contributed by atoms with Crippen molar-refractivity contribution in [2.45, 2.75) is 17.2 Å². The molecular weight excluding hydrogens is 312 g/mol. The van der Waals surface area contributed by atoms with Gasteiger partial charge in [-0.25, -0.2) is 8.42 Å². The number of carboxylic acids is 1. The SMILES string of the molecule is CN(Cc1cccnc1)S(=O)(=O)c1ccc(CC(=O)O)s1. The third kappa shape index (κ3) is 3.87. The zero-order chi connectivity index (χ0) is 15.5. The minimum absolute atomic E-state index is 0.144. The van der Waals surface area contributed by atoms with Crippen molar-refractivity contribution in [3.63, 3.8) is 0 Å². The van der Waals surface area contributed by atoms with Gasteiger partial charge in [0.25, 0.3) is 10.0 Å². The van der Waals surface area contributed by atoms with Crippen molar-refractivity contribution in [1.29, 1.82) is 0 Å². The van der Waals surface area contributed by atoms with Gasteiger partial charge in [-0.3, -0.25) is 9.78 Å². The second kappa shape index (κ2) is 6.33. The summed E-state index contributed by atoms with van der Waals surface area (Å²) < 4.78 is 26.2. The molecule has 0 amide bonds. The maximum Gasteiger partial charge on any atom is 0.308 e. The molecule has 1 N–H and O–H groups in total. The molecule has 8 heteroatoms. The minimum atomic E-state index is -3.62. The first kappa shape index (κ1) is 15.6. The van der Waals surface area contributed by atoms with Crippen LogP contribution in [0.4, 0.5) is 0 Å². The highest BCUT2D eigenvalue weighted by molar-refractivity contribution is 7.91. The van der Waals surface area contributed by atoms with E-state index in [4.69, 9.17) is 5.11 Å². The Bertz CT molecular complexity index is 726. The highest BCUT2D eigenvalue weighted by Gasteiger charge is 2.23. The van der Waals surface area contributed by atoms with Gasteiger partial charge in [0.05, 0.1) is 6.42 Å². The molecule has 0 atom stereocenters. The lowest BCUT2D eigenvalue weighted by atomic mass is 10.3. The second-order valence-electron chi connectivity index (χ2n) is 4.41. The predicted molar refractivity (Wildman–Crippen MR) is 78.5 cm³/mol. The number of carboxylic acid groups (broad SMARTS) is 1. The van der Waals surface area contributed by atoms with Crippen molar-refractivity contribution in [3.05, 3.63) is 47.1 Å². The highest BCUT2D eigenvalue weighted by atomic mass is 32.2. The molecule has 0 unspecified atom stereocenters. The number of aromatic nitrogens is 1. The van der Waals surface area contributed by atoms with E-state index in [2.05, 4.69) is 4.98 Å². The Labute approximate surface area is 126 Å². The fraction of sp³-hybridized carbons (Fsp3) is 0.231. The van der Waals surface area contributed by atoms with E-state index in [1.807, 2.05) is 0 Å². The zero-order valence-corrected chi connectivity index (χ0v) is 12.9. The van der Waals surface area contributed by atoms with Crippen LogP contribution >= 0.6 is 11.3 Å². The van der Waals surface area contributed by atoms with Crippen molar-refractivity contribution in [1.82, 2.24) is 9.29 Å². The summed E-state index contributed by atoms with van der Waals surface area (Å²) >= 11 is 0.981. The molecule has 0 radical (unpaired) electrons. The summed E-state index contributed by atoms with van der Waals surface area (Å²) in [6, 6.07) is 6.51. The van der Waals surface area contributed by atoms with Crippen molar-refractivity contribution < 1.29 is 18.3 Å². The molecule has 0 aliphatic carbocycles. The van der Waals surface area contributed by atoms with E-state index in [-0.39, 0.29) is 17.2 Å². The van der Waals surface area contributed by atoms with Crippen LogP contribution in [0.2, 0.25) is 0 Å². The lowest BCUT2D eigenvalue weighted by Crippen LogP contribution is -2.25. The van der Waals surface area contributed by atoms with Crippen molar-refractivity contribution in [2.24, 2.45) is 0 Å². The number of pyridine rings is 1. The van der Waals surface area contributed by atoms with E-state index in [0.717, 1.165) is 16.9 Å². The maximum absolute atomic E-state index is 12.4. The number of hydrogen-bond donors (Lipinski definition) is 1. The molecule has 0 bridgehead atoms. The summed E-state index contributed by atoms with van der Waals surface area (Å²) in [5.74, 6) is -0.982. The Morgan fingerprint density at radius 3 is 2.76 bits per heavy atom. The van der Waals surface area contributed by atoms with Gasteiger partial charge < -0.3 is 5.11 Å². The quantitative estimate of drug-likeness (QED) is 0.871. The summed E-state index contributed by atoms with van der Waals surface area (Å²) in [7, 11) is -2.14. The normalized spacial score (nSPS) is 11.7. The van der Waals surface area contributed by atoms with E-state index in [1.165, 1.54) is 23.5 Å². The van der Waals surface area contributed by atoms with Crippen LogP contribution in [0.3, 0.4) is 0 Å². The van der Waals surface area contributed by atoms with E-state index in [0.29, 0.717) is 4.88 Å². The minimum Gasteiger partial charge on any atom is -0.481 e. The maximum atomic E-state index is 12.4. The van der Waals surface area contributed by atoms with Crippen LogP contribution in [0.15, 0.2) is 40.9 Å². The highest BCUT2D eigenvalue weighted by Crippen LogP contribution is 2.25. The molecule has 0 aliphatic heterocycles. The molecule has 0 fully saturated rings. The van der Waals surface area contributed by atoms with E-state index in [1.54, 1.807) is 24.5 Å². The van der Waals surface area contributed by atoms with Gasteiger partial charge in [-0.05, 0) is 23.8 Å². The van der Waals surface area contributed by atoms with Gasteiger partial charge in [-0.2, -0.15) is 4.31 Å². The average molecular weight is 326 g/mol. The Balaban J connectivity index is 2.17. The molecule has 2 aromatic heterocycles. The summed E-state index contributed by atoms with van der Waals surface area (Å²) in [6.45, 7) is 0.211. The standard InChI is InChI=1S/C13H14N2O4S2/c1-15(9-10-3-2-6-14-8-10)21(18,19)13-5-4-11(20-13)7-12(16)17/h2-6,8H,7,9H2,1H3,(H,16,17). The van der Waals surface area contributed by atoms with E-state index in [9.17, 15) is 13.2 Å². The fourth-order valence-corrected chi connectivity index (χ4v) is 4.44. The van der Waals surface area contributed by atoms with E-state index >= 15 is 0 Å². The van der Waals surface area contributed by atoms with Crippen LogP contribution in [-0.4, -0.2) is 35.8 Å². The number of aliphatic carboxylic acids is 1. The lowest BCUT2D eigenvalue weighted by molar-refractivity contribution is -0.136. The molecule has 2 aromatic rings. The molecule has 0 saturated heterocycles. The Kier molecular flexibility index (Phi) is 4.71. The fourth-order valence-electron chi connectivity index (χ4n) is 1.73. The van der Waals surface area contributed by atoms with Crippen LogP contribution in [0, 0.1) is 0 Å². The Hall–Kier alpha value is -1.77. The number of nitrogens with zero attached hydrogens (tertiary/aromatic N) is 2. The molecule has 0 aliphatic rings. The molecule has 2 rings (SSSR count). The summed E-state index contributed by atoms with van der Waals surface area (Å²) in [6.07, 6.45) is 3.05. The number of rotatable bonds is 6. The Morgan fingerprint density at radius 2 is 2.14 bits per heavy atom.